The average Bonchev–Trinajstić information content (AvgIpc) is 3.90. The molecule has 308 valence electrons. The highest BCUT2D eigenvalue weighted by Gasteiger charge is 2.21. The number of aryl methyl sites for hydroxylation is 2. The second kappa shape index (κ2) is 19.4. The molecular formula is C61H54N2. The molecule has 0 bridgehead atoms. The molecule has 0 saturated carbocycles. The molecule has 0 fully saturated rings. The summed E-state index contributed by atoms with van der Waals surface area (Å²) >= 11 is 0. The molecule has 0 aliphatic heterocycles. The van der Waals surface area contributed by atoms with Crippen LogP contribution in [0, 0.1) is 0 Å². The van der Waals surface area contributed by atoms with Crippen LogP contribution in [0.2, 0.25) is 0 Å². The lowest BCUT2D eigenvalue weighted by molar-refractivity contribution is 0.946. The van der Waals surface area contributed by atoms with Gasteiger partial charge >= 0.3 is 0 Å². The zero-order chi connectivity index (χ0) is 43.7. The molecule has 0 saturated heterocycles. The van der Waals surface area contributed by atoms with E-state index in [1.54, 1.807) is 18.2 Å². The van der Waals surface area contributed by atoms with E-state index in [0.29, 0.717) is 0 Å². The molecule has 63 heavy (non-hydrogen) atoms. The number of aromatic amines is 2. The number of aromatic nitrogens is 2. The monoisotopic (exact) mass is 814 g/mol. The predicted molar refractivity (Wildman–Crippen MR) is 277 cm³/mol. The van der Waals surface area contributed by atoms with E-state index in [2.05, 4.69) is 200 Å². The Kier molecular flexibility index (Phi) is 12.9. The first kappa shape index (κ1) is 42.0. The molecule has 8 aromatic carbocycles. The van der Waals surface area contributed by atoms with Crippen LogP contribution in [-0.2, 0) is 12.8 Å². The van der Waals surface area contributed by atoms with Crippen molar-refractivity contribution in [2.75, 3.05) is 0 Å². The summed E-state index contributed by atoms with van der Waals surface area (Å²) < 4.78 is 0. The van der Waals surface area contributed by atoms with Gasteiger partial charge in [0.2, 0.25) is 0 Å². The van der Waals surface area contributed by atoms with Crippen molar-refractivity contribution in [2.24, 2.45) is 0 Å². The Morgan fingerprint density at radius 1 is 0.365 bits per heavy atom. The molecule has 0 spiro atoms. The van der Waals surface area contributed by atoms with Crippen LogP contribution in [0.25, 0.3) is 99.2 Å². The van der Waals surface area contributed by atoms with Crippen molar-refractivity contribution in [2.45, 2.75) is 33.6 Å². The lowest BCUT2D eigenvalue weighted by Crippen LogP contribution is -2.04. The standard InChI is InChI=1S/C50H34N2.C5H8.C4H6.C2H6/c1-3-9-31(10-4-1)33-13-7-15-35(23-33)37-19-21-47-43(25-37)45-27-39-17-18-40-28-46-44-26-38(36-16-8-14-34(24-36)32-11-5-2-6-12-32)20-22-48(44)52-50(46)30-42(40)41(39)29-49(45)51-47;1-3-5-4-2;1-3-4-2;1-2/h1-16,19-30,51-52H,17-18H2;3-5H,1H2,2H3;3-4H,1-2H2;1-2H3/b;5-4-;;. The summed E-state index contributed by atoms with van der Waals surface area (Å²) in [6.07, 6.45) is 10.9. The van der Waals surface area contributed by atoms with Crippen LogP contribution in [0.5, 0.6) is 0 Å². The molecule has 10 aromatic rings. The van der Waals surface area contributed by atoms with E-state index in [-0.39, 0.29) is 0 Å². The maximum Gasteiger partial charge on any atom is 0.0471 e. The number of fused-ring (bicyclic) bond motifs is 9. The quantitative estimate of drug-likeness (QED) is 0.157. The maximum absolute atomic E-state index is 3.76. The number of hydrogen-bond acceptors (Lipinski definition) is 0. The maximum atomic E-state index is 3.76. The molecule has 2 aromatic heterocycles. The van der Waals surface area contributed by atoms with Gasteiger partial charge in [0, 0.05) is 43.6 Å². The summed E-state index contributed by atoms with van der Waals surface area (Å²) in [6, 6.07) is 62.4. The molecule has 1 aliphatic carbocycles. The van der Waals surface area contributed by atoms with E-state index in [9.17, 15) is 0 Å². The van der Waals surface area contributed by atoms with Crippen LogP contribution in [0.3, 0.4) is 0 Å². The highest BCUT2D eigenvalue weighted by Crippen LogP contribution is 2.42. The van der Waals surface area contributed by atoms with Crippen molar-refractivity contribution in [3.05, 3.63) is 231 Å². The third kappa shape index (κ3) is 8.76. The summed E-state index contributed by atoms with van der Waals surface area (Å²) in [5.74, 6) is 0. The summed E-state index contributed by atoms with van der Waals surface area (Å²) in [4.78, 5) is 7.52. The lowest BCUT2D eigenvalue weighted by Gasteiger charge is -2.20. The minimum Gasteiger partial charge on any atom is -0.354 e. The van der Waals surface area contributed by atoms with Crippen LogP contribution in [0.1, 0.15) is 31.9 Å². The van der Waals surface area contributed by atoms with Crippen molar-refractivity contribution in [1.29, 1.82) is 0 Å². The van der Waals surface area contributed by atoms with E-state index in [0.717, 1.165) is 12.8 Å². The summed E-state index contributed by atoms with van der Waals surface area (Å²) in [6.45, 7) is 16.1. The van der Waals surface area contributed by atoms with E-state index in [4.69, 9.17) is 0 Å². The molecule has 0 atom stereocenters. The van der Waals surface area contributed by atoms with Gasteiger partial charge in [-0.25, -0.2) is 0 Å². The Morgan fingerprint density at radius 3 is 1.10 bits per heavy atom. The minimum atomic E-state index is 1.04. The average molecular weight is 815 g/mol. The van der Waals surface area contributed by atoms with Crippen LogP contribution < -0.4 is 0 Å². The first-order chi connectivity index (χ1) is 31.0. The third-order valence-electron chi connectivity index (χ3n) is 11.7. The molecule has 1 aliphatic rings. The topological polar surface area (TPSA) is 31.6 Å². The fraction of sp³-hybridized carbons (Fsp3) is 0.0820. The number of allylic oxidation sites excluding steroid dienone is 5. The van der Waals surface area contributed by atoms with E-state index in [1.165, 1.54) is 110 Å². The Bertz CT molecular complexity index is 3030. The highest BCUT2D eigenvalue weighted by molar-refractivity contribution is 6.12. The zero-order valence-corrected chi connectivity index (χ0v) is 36.6. The molecule has 2 N–H and O–H groups in total. The van der Waals surface area contributed by atoms with Crippen LogP contribution in [-0.4, -0.2) is 9.97 Å². The van der Waals surface area contributed by atoms with Gasteiger partial charge in [-0.15, -0.1) is 0 Å². The smallest absolute Gasteiger partial charge is 0.0471 e. The van der Waals surface area contributed by atoms with Gasteiger partial charge in [0.15, 0.2) is 0 Å². The molecular weight excluding hydrogens is 761 g/mol. The van der Waals surface area contributed by atoms with E-state index in [1.807, 2.05) is 32.9 Å². The molecule has 0 radical (unpaired) electrons. The van der Waals surface area contributed by atoms with Gasteiger partial charge in [-0.1, -0.05) is 173 Å². The largest absolute Gasteiger partial charge is 0.354 e. The van der Waals surface area contributed by atoms with Gasteiger partial charge in [0.1, 0.15) is 0 Å². The van der Waals surface area contributed by atoms with E-state index >= 15 is 0 Å². The number of nitrogens with one attached hydrogen (secondary N) is 2. The highest BCUT2D eigenvalue weighted by atomic mass is 14.7. The van der Waals surface area contributed by atoms with Gasteiger partial charge in [-0.3, -0.25) is 0 Å². The minimum absolute atomic E-state index is 1.04. The SMILES string of the molecule is C=C/C=C\C.C=CC=C.CC.c1ccc(-c2cccc(-c3ccc4[nH]c5cc6c(cc5c4c3)CCc3cc4c(cc3-6)[nH]c3ccc(-c5cccc(-c6ccccc6)c5)cc34)c2)cc1. The second-order valence-corrected chi connectivity index (χ2v) is 15.5. The molecule has 2 nitrogen and oxygen atoms in total. The van der Waals surface area contributed by atoms with Crippen molar-refractivity contribution in [3.8, 4) is 55.6 Å². The zero-order valence-electron chi connectivity index (χ0n) is 36.6. The number of H-pyrrole nitrogens is 2. The van der Waals surface area contributed by atoms with Crippen molar-refractivity contribution in [3.63, 3.8) is 0 Å². The molecule has 11 rings (SSSR count). The Balaban J connectivity index is 0.000000449. The van der Waals surface area contributed by atoms with Gasteiger partial charge in [0.05, 0.1) is 0 Å². The molecule has 2 heterocycles. The van der Waals surface area contributed by atoms with Gasteiger partial charge in [0.25, 0.3) is 0 Å². The third-order valence-corrected chi connectivity index (χ3v) is 11.7. The fourth-order valence-electron chi connectivity index (χ4n) is 8.68. The predicted octanol–water partition coefficient (Wildman–Crippen LogP) is 17.5. The normalized spacial score (nSPS) is 11.4. The molecule has 0 unspecified atom stereocenters. The molecule has 2 heteroatoms. The van der Waals surface area contributed by atoms with Crippen LogP contribution >= 0.6 is 0 Å². The Labute approximate surface area is 372 Å². The van der Waals surface area contributed by atoms with Crippen molar-refractivity contribution < 1.29 is 0 Å². The Morgan fingerprint density at radius 2 is 0.730 bits per heavy atom. The first-order valence-electron chi connectivity index (χ1n) is 22.0. The fourth-order valence-corrected chi connectivity index (χ4v) is 8.68. The first-order valence-corrected chi connectivity index (χ1v) is 22.0. The van der Waals surface area contributed by atoms with Gasteiger partial charge in [-0.2, -0.15) is 0 Å². The van der Waals surface area contributed by atoms with E-state index < -0.39 is 0 Å². The van der Waals surface area contributed by atoms with Crippen molar-refractivity contribution >= 4 is 43.6 Å². The van der Waals surface area contributed by atoms with Gasteiger partial charge < -0.3 is 9.97 Å². The number of rotatable bonds is 6. The second-order valence-electron chi connectivity index (χ2n) is 15.5. The lowest BCUT2D eigenvalue weighted by atomic mass is 9.84. The number of benzene rings is 8. The summed E-state index contributed by atoms with van der Waals surface area (Å²) in [5.41, 5.74) is 20.2. The van der Waals surface area contributed by atoms with Crippen molar-refractivity contribution in [1.82, 2.24) is 9.97 Å². The molecule has 0 amide bonds. The summed E-state index contributed by atoms with van der Waals surface area (Å²) in [7, 11) is 0. The van der Waals surface area contributed by atoms with Gasteiger partial charge in [-0.05, 0) is 147 Å². The Hall–Kier alpha value is -7.68. The number of hydrogen-bond donors (Lipinski definition) is 2. The van der Waals surface area contributed by atoms with Crippen LogP contribution in [0.15, 0.2) is 220 Å². The summed E-state index contributed by atoms with van der Waals surface area (Å²) in [5, 5.41) is 5.16. The van der Waals surface area contributed by atoms with Crippen LogP contribution in [0.4, 0.5) is 0 Å².